The van der Waals surface area contributed by atoms with E-state index in [2.05, 4.69) is 10.8 Å². The second kappa shape index (κ2) is 8.34. The Balaban J connectivity index is 3.74. The largest absolute Gasteiger partial charge is 0.469 e. The van der Waals surface area contributed by atoms with Gasteiger partial charge in [-0.2, -0.15) is 0 Å². The topological polar surface area (TPSA) is 46.5 Å². The molecule has 1 unspecified atom stereocenters. The van der Waals surface area contributed by atoms with Gasteiger partial charge in [0.05, 0.1) is 13.2 Å². The number of ether oxygens (including phenoxy) is 1. The lowest BCUT2D eigenvalue weighted by molar-refractivity contribution is -0.140. The fourth-order valence-electron chi connectivity index (χ4n) is 1.34. The fraction of sp³-hybridized carbons (Fsp3) is 0.769. The van der Waals surface area contributed by atoms with Gasteiger partial charge in [-0.25, -0.2) is 0 Å². The highest BCUT2D eigenvalue weighted by Crippen LogP contribution is 2.11. The first kappa shape index (κ1) is 15.2. The predicted molar refractivity (Wildman–Crippen MR) is 65.1 cm³/mol. The zero-order valence-electron chi connectivity index (χ0n) is 10.8. The van der Waals surface area contributed by atoms with Crippen LogP contribution in [0.2, 0.25) is 0 Å². The zero-order chi connectivity index (χ0) is 12.6. The summed E-state index contributed by atoms with van der Waals surface area (Å²) in [6.45, 7) is 6.03. The van der Waals surface area contributed by atoms with Crippen LogP contribution in [-0.2, 0) is 9.53 Å². The van der Waals surface area contributed by atoms with Crippen LogP contribution in [0.25, 0.3) is 0 Å². The molecule has 0 fully saturated rings. The number of esters is 1. The molecule has 0 saturated heterocycles. The van der Waals surface area contributed by atoms with E-state index in [0.29, 0.717) is 12.3 Å². The van der Waals surface area contributed by atoms with E-state index in [1.54, 1.807) is 0 Å². The minimum atomic E-state index is -0.232. The Kier molecular flexibility index (Phi) is 7.90. The lowest BCUT2D eigenvalue weighted by Gasteiger charge is -2.12. The van der Waals surface area contributed by atoms with Crippen molar-refractivity contribution in [2.24, 2.45) is 5.92 Å². The van der Waals surface area contributed by atoms with Crippen LogP contribution in [0.4, 0.5) is 0 Å². The number of aliphatic hydroxyl groups excluding tert-OH is 1. The maximum atomic E-state index is 10.9. The van der Waals surface area contributed by atoms with Crippen molar-refractivity contribution in [3.05, 3.63) is 11.6 Å². The van der Waals surface area contributed by atoms with E-state index in [1.165, 1.54) is 12.7 Å². The molecule has 0 aromatic rings. The Morgan fingerprint density at radius 3 is 2.50 bits per heavy atom. The predicted octanol–water partition coefficient (Wildman–Crippen LogP) is 2.68. The molecule has 0 saturated carbocycles. The maximum absolute atomic E-state index is 10.9. The van der Waals surface area contributed by atoms with Gasteiger partial charge in [-0.1, -0.05) is 25.5 Å². The van der Waals surface area contributed by atoms with Gasteiger partial charge in [0.2, 0.25) is 0 Å². The van der Waals surface area contributed by atoms with Crippen LogP contribution in [0.5, 0.6) is 0 Å². The third-order valence-electron chi connectivity index (χ3n) is 2.68. The Hall–Kier alpha value is -0.830. The number of rotatable bonds is 7. The Morgan fingerprint density at radius 1 is 1.38 bits per heavy atom. The molecule has 3 heteroatoms. The van der Waals surface area contributed by atoms with Gasteiger partial charge in [-0.15, -0.1) is 0 Å². The molecule has 1 N–H and O–H groups in total. The van der Waals surface area contributed by atoms with E-state index in [0.717, 1.165) is 19.3 Å². The summed E-state index contributed by atoms with van der Waals surface area (Å²) in [5, 5.41) is 9.59. The van der Waals surface area contributed by atoms with Crippen molar-refractivity contribution in [1.82, 2.24) is 0 Å². The number of hydrogen-bond acceptors (Lipinski definition) is 3. The lowest BCUT2D eigenvalue weighted by Crippen LogP contribution is -2.13. The first-order valence-corrected chi connectivity index (χ1v) is 5.88. The van der Waals surface area contributed by atoms with E-state index in [9.17, 15) is 9.90 Å². The van der Waals surface area contributed by atoms with Gasteiger partial charge in [0.25, 0.3) is 0 Å². The molecular weight excluding hydrogens is 204 g/mol. The quantitative estimate of drug-likeness (QED) is 0.538. The molecule has 0 amide bonds. The van der Waals surface area contributed by atoms with Gasteiger partial charge in [0.15, 0.2) is 0 Å². The van der Waals surface area contributed by atoms with Crippen molar-refractivity contribution in [3.8, 4) is 0 Å². The van der Waals surface area contributed by atoms with E-state index in [4.69, 9.17) is 0 Å². The first-order chi connectivity index (χ1) is 7.47. The van der Waals surface area contributed by atoms with Gasteiger partial charge >= 0.3 is 5.97 Å². The van der Waals surface area contributed by atoms with Crippen molar-refractivity contribution < 1.29 is 14.6 Å². The molecule has 0 aromatic heterocycles. The molecule has 3 nitrogen and oxygen atoms in total. The van der Waals surface area contributed by atoms with Crippen LogP contribution in [-0.4, -0.2) is 24.3 Å². The third kappa shape index (κ3) is 7.46. The second-order valence-corrected chi connectivity index (χ2v) is 4.52. The summed E-state index contributed by atoms with van der Waals surface area (Å²) in [7, 11) is 1.40. The van der Waals surface area contributed by atoms with Crippen LogP contribution in [0.3, 0.4) is 0 Å². The molecular formula is C13H24O3. The molecule has 0 radical (unpaired) electrons. The molecule has 94 valence electrons. The molecule has 0 spiro atoms. The third-order valence-corrected chi connectivity index (χ3v) is 2.68. The van der Waals surface area contributed by atoms with Crippen molar-refractivity contribution in [1.29, 1.82) is 0 Å². The number of carbonyl (C=O) groups excluding carboxylic acids is 1. The van der Waals surface area contributed by atoms with Crippen LogP contribution < -0.4 is 0 Å². The molecule has 0 aromatic carbocycles. The molecule has 0 rings (SSSR count). The van der Waals surface area contributed by atoms with Crippen molar-refractivity contribution >= 4 is 5.97 Å². The molecule has 16 heavy (non-hydrogen) atoms. The summed E-state index contributed by atoms with van der Waals surface area (Å²) in [6.07, 6.45) is 4.69. The van der Waals surface area contributed by atoms with Crippen LogP contribution in [0.1, 0.15) is 46.5 Å². The Bertz CT molecular complexity index is 231. The second-order valence-electron chi connectivity index (χ2n) is 4.52. The number of aliphatic hydroxyl groups is 1. The number of allylic oxidation sites excluding steroid dienone is 2. The molecule has 0 aliphatic carbocycles. The van der Waals surface area contributed by atoms with E-state index < -0.39 is 0 Å². The SMILES string of the molecule is COC(=O)CCC(C)=CCCC(O)C(C)C. The Labute approximate surface area is 98.5 Å². The summed E-state index contributed by atoms with van der Waals surface area (Å²) < 4.78 is 4.57. The zero-order valence-corrected chi connectivity index (χ0v) is 10.8. The average Bonchev–Trinajstić information content (AvgIpc) is 2.25. The van der Waals surface area contributed by atoms with Crippen molar-refractivity contribution in [2.45, 2.75) is 52.6 Å². The van der Waals surface area contributed by atoms with Gasteiger partial charge < -0.3 is 9.84 Å². The van der Waals surface area contributed by atoms with Crippen LogP contribution >= 0.6 is 0 Å². The minimum absolute atomic E-state index is 0.171. The lowest BCUT2D eigenvalue weighted by atomic mass is 10.0. The number of methoxy groups -OCH3 is 1. The highest BCUT2D eigenvalue weighted by molar-refractivity contribution is 5.69. The smallest absolute Gasteiger partial charge is 0.305 e. The molecule has 0 bridgehead atoms. The van der Waals surface area contributed by atoms with E-state index >= 15 is 0 Å². The normalized spacial score (nSPS) is 14.0. The average molecular weight is 228 g/mol. The van der Waals surface area contributed by atoms with E-state index in [-0.39, 0.29) is 12.1 Å². The summed E-state index contributed by atoms with van der Waals surface area (Å²) in [5.41, 5.74) is 1.18. The van der Waals surface area contributed by atoms with E-state index in [1.807, 2.05) is 20.8 Å². The van der Waals surface area contributed by atoms with Gasteiger partial charge in [-0.3, -0.25) is 4.79 Å². The first-order valence-electron chi connectivity index (χ1n) is 5.88. The summed E-state index contributed by atoms with van der Waals surface area (Å²) in [6, 6.07) is 0. The van der Waals surface area contributed by atoms with Crippen molar-refractivity contribution in [3.63, 3.8) is 0 Å². The highest BCUT2D eigenvalue weighted by Gasteiger charge is 2.07. The number of carbonyl (C=O) groups is 1. The summed E-state index contributed by atoms with van der Waals surface area (Å²) in [5.74, 6) is 0.138. The fourth-order valence-corrected chi connectivity index (χ4v) is 1.34. The van der Waals surface area contributed by atoms with Crippen molar-refractivity contribution in [2.75, 3.05) is 7.11 Å². The van der Waals surface area contributed by atoms with Crippen LogP contribution in [0, 0.1) is 5.92 Å². The molecule has 1 atom stereocenters. The van der Waals surface area contributed by atoms with Gasteiger partial charge in [-0.05, 0) is 32.1 Å². The van der Waals surface area contributed by atoms with Crippen LogP contribution in [0.15, 0.2) is 11.6 Å². The highest BCUT2D eigenvalue weighted by atomic mass is 16.5. The molecule has 0 aliphatic rings. The van der Waals surface area contributed by atoms with Gasteiger partial charge in [0.1, 0.15) is 0 Å². The molecule has 0 heterocycles. The monoisotopic (exact) mass is 228 g/mol. The summed E-state index contributed by atoms with van der Waals surface area (Å²) in [4.78, 5) is 10.9. The standard InChI is InChI=1S/C13H24O3/c1-10(2)12(14)7-5-6-11(3)8-9-13(15)16-4/h6,10,12,14H,5,7-9H2,1-4H3. The minimum Gasteiger partial charge on any atom is -0.469 e. The Morgan fingerprint density at radius 2 is 2.00 bits per heavy atom. The summed E-state index contributed by atoms with van der Waals surface area (Å²) >= 11 is 0. The van der Waals surface area contributed by atoms with Gasteiger partial charge in [0, 0.05) is 6.42 Å². The maximum Gasteiger partial charge on any atom is 0.305 e. The number of hydrogen-bond donors (Lipinski definition) is 1. The molecule has 0 aliphatic heterocycles.